The number of hydrogen-bond acceptors (Lipinski definition) is 7. The Labute approximate surface area is 85.9 Å². The number of rotatable bonds is 2. The van der Waals surface area contributed by atoms with Crippen LogP contribution in [0.2, 0.25) is 0 Å². The van der Waals surface area contributed by atoms with Gasteiger partial charge in [0.2, 0.25) is 0 Å². The van der Waals surface area contributed by atoms with Gasteiger partial charge in [-0.1, -0.05) is 0 Å². The van der Waals surface area contributed by atoms with Gasteiger partial charge in [-0.15, -0.1) is 10.2 Å². The number of pyridine rings is 1. The van der Waals surface area contributed by atoms with E-state index in [2.05, 4.69) is 10.2 Å². The smallest absolute Gasteiger partial charge is 0.310 e. The molecule has 0 fully saturated rings. The van der Waals surface area contributed by atoms with E-state index in [9.17, 15) is 25.0 Å². The molecule has 1 aliphatic rings. The summed E-state index contributed by atoms with van der Waals surface area (Å²) in [4.78, 5) is 32.5. The molecule has 0 aromatic carbocycles. The third kappa shape index (κ3) is 1.32. The zero-order valence-corrected chi connectivity index (χ0v) is 7.48. The second-order valence-corrected chi connectivity index (χ2v) is 2.91. The van der Waals surface area contributed by atoms with Crippen LogP contribution in [0.4, 0.5) is 11.4 Å². The summed E-state index contributed by atoms with van der Waals surface area (Å²) in [6.07, 6.45) is -1.50. The van der Waals surface area contributed by atoms with Crippen LogP contribution in [-0.4, -0.2) is 14.8 Å². The number of azo groups is 1. The third-order valence-electron chi connectivity index (χ3n) is 1.96. The lowest BCUT2D eigenvalue weighted by Crippen LogP contribution is -2.16. The minimum absolute atomic E-state index is 0.0620. The summed E-state index contributed by atoms with van der Waals surface area (Å²) in [6, 6.07) is 0.862. The Balaban J connectivity index is 2.61. The van der Waals surface area contributed by atoms with E-state index in [1.54, 1.807) is 0 Å². The Morgan fingerprint density at radius 2 is 2.06 bits per heavy atom. The van der Waals surface area contributed by atoms with Gasteiger partial charge in [-0.05, 0) is 0 Å². The number of nitro groups is 2. The standard InChI is InChI=1S/C6H3N5O5/c12-6-3(10(13)14)1-2-4(7-6)5(9-8-2)11(15)16/h1,5H,(H,7,12). The Bertz CT molecular complexity index is 575. The second-order valence-electron chi connectivity index (χ2n) is 2.91. The molecule has 0 saturated heterocycles. The van der Waals surface area contributed by atoms with Gasteiger partial charge in [0.05, 0.1) is 15.9 Å². The molecule has 2 heterocycles. The molecule has 2 rings (SSSR count). The van der Waals surface area contributed by atoms with Crippen molar-refractivity contribution >= 4 is 11.4 Å². The van der Waals surface area contributed by atoms with Crippen molar-refractivity contribution in [2.75, 3.05) is 0 Å². The summed E-state index contributed by atoms with van der Waals surface area (Å²) in [6.45, 7) is 0. The lowest BCUT2D eigenvalue weighted by molar-refractivity contribution is -0.527. The van der Waals surface area contributed by atoms with Crippen molar-refractivity contribution in [2.45, 2.75) is 6.17 Å². The van der Waals surface area contributed by atoms with Crippen LogP contribution in [0.25, 0.3) is 0 Å². The molecule has 1 aromatic heterocycles. The van der Waals surface area contributed by atoms with Gasteiger partial charge in [0, 0.05) is 0 Å². The molecule has 0 amide bonds. The average Bonchev–Trinajstić information content (AvgIpc) is 2.58. The number of nitrogens with zero attached hydrogens (tertiary/aromatic N) is 4. The molecular formula is C6H3N5O5. The Hall–Kier alpha value is -2.65. The topological polar surface area (TPSA) is 144 Å². The van der Waals surface area contributed by atoms with Gasteiger partial charge in [0.25, 0.3) is 0 Å². The van der Waals surface area contributed by atoms with E-state index >= 15 is 0 Å². The summed E-state index contributed by atoms with van der Waals surface area (Å²) in [7, 11) is 0. The molecular weight excluding hydrogens is 222 g/mol. The van der Waals surface area contributed by atoms with Gasteiger partial charge >= 0.3 is 17.4 Å². The van der Waals surface area contributed by atoms with Crippen LogP contribution in [0.5, 0.6) is 0 Å². The number of aromatic nitrogens is 1. The van der Waals surface area contributed by atoms with Crippen molar-refractivity contribution in [2.24, 2.45) is 10.2 Å². The highest BCUT2D eigenvalue weighted by Crippen LogP contribution is 2.34. The van der Waals surface area contributed by atoms with E-state index in [-0.39, 0.29) is 11.4 Å². The molecule has 10 nitrogen and oxygen atoms in total. The van der Waals surface area contributed by atoms with Crippen LogP contribution in [-0.2, 0) is 0 Å². The number of nitrogens with one attached hydrogen (secondary N) is 1. The summed E-state index contributed by atoms with van der Waals surface area (Å²) < 4.78 is 0. The van der Waals surface area contributed by atoms with Gasteiger partial charge in [0.1, 0.15) is 11.4 Å². The van der Waals surface area contributed by atoms with Crippen molar-refractivity contribution in [3.05, 3.63) is 42.3 Å². The number of fused-ring (bicyclic) bond motifs is 1. The van der Waals surface area contributed by atoms with Crippen molar-refractivity contribution in [3.8, 4) is 0 Å². The molecule has 16 heavy (non-hydrogen) atoms. The molecule has 0 bridgehead atoms. The highest BCUT2D eigenvalue weighted by atomic mass is 16.6. The zero-order chi connectivity index (χ0) is 11.9. The van der Waals surface area contributed by atoms with E-state index in [0.717, 1.165) is 6.07 Å². The molecule has 0 spiro atoms. The van der Waals surface area contributed by atoms with Crippen molar-refractivity contribution < 1.29 is 9.85 Å². The van der Waals surface area contributed by atoms with E-state index in [0.29, 0.717) is 0 Å². The van der Waals surface area contributed by atoms with Gasteiger partial charge in [-0.3, -0.25) is 25.0 Å². The van der Waals surface area contributed by atoms with Crippen molar-refractivity contribution in [3.63, 3.8) is 0 Å². The molecule has 0 aliphatic carbocycles. The fraction of sp³-hybridized carbons (Fsp3) is 0.167. The summed E-state index contributed by atoms with van der Waals surface area (Å²) in [5, 5.41) is 27.6. The maximum absolute atomic E-state index is 11.2. The SMILES string of the molecule is O=c1[nH]c2c(cc1[N+](=O)[O-])N=NC2[N+](=O)[O-]. The maximum Gasteiger partial charge on any atom is 0.363 e. The van der Waals surface area contributed by atoms with Gasteiger partial charge in [-0.25, -0.2) is 0 Å². The van der Waals surface area contributed by atoms with Crippen LogP contribution in [0.1, 0.15) is 11.9 Å². The molecule has 0 saturated carbocycles. The Morgan fingerprint density at radius 1 is 1.38 bits per heavy atom. The highest BCUT2D eigenvalue weighted by molar-refractivity contribution is 5.51. The largest absolute Gasteiger partial charge is 0.363 e. The third-order valence-corrected chi connectivity index (χ3v) is 1.96. The van der Waals surface area contributed by atoms with Crippen LogP contribution in [0.3, 0.4) is 0 Å². The molecule has 1 N–H and O–H groups in total. The molecule has 1 aliphatic heterocycles. The van der Waals surface area contributed by atoms with Gasteiger partial charge < -0.3 is 4.98 Å². The first-order valence-corrected chi connectivity index (χ1v) is 3.96. The lowest BCUT2D eigenvalue weighted by atomic mass is 10.2. The molecule has 10 heteroatoms. The molecule has 1 unspecified atom stereocenters. The molecule has 1 aromatic rings. The van der Waals surface area contributed by atoms with Crippen LogP contribution < -0.4 is 5.56 Å². The van der Waals surface area contributed by atoms with Gasteiger partial charge in [0.15, 0.2) is 0 Å². The first-order chi connectivity index (χ1) is 7.50. The number of aromatic amines is 1. The predicted molar refractivity (Wildman–Crippen MR) is 48.0 cm³/mol. The lowest BCUT2D eigenvalue weighted by Gasteiger charge is -1.98. The zero-order valence-electron chi connectivity index (χ0n) is 7.48. The number of H-pyrrole nitrogens is 1. The first-order valence-electron chi connectivity index (χ1n) is 3.96. The summed E-state index contributed by atoms with van der Waals surface area (Å²) in [5.41, 5.74) is -1.93. The van der Waals surface area contributed by atoms with Crippen LogP contribution >= 0.6 is 0 Å². The minimum atomic E-state index is -1.50. The molecule has 82 valence electrons. The molecule has 0 radical (unpaired) electrons. The fourth-order valence-corrected chi connectivity index (χ4v) is 1.26. The average molecular weight is 225 g/mol. The Morgan fingerprint density at radius 3 is 2.62 bits per heavy atom. The highest BCUT2D eigenvalue weighted by Gasteiger charge is 2.33. The normalized spacial score (nSPS) is 17.1. The van der Waals surface area contributed by atoms with E-state index in [1.165, 1.54) is 0 Å². The number of hydrogen-bond donors (Lipinski definition) is 1. The van der Waals surface area contributed by atoms with E-state index in [4.69, 9.17) is 0 Å². The monoisotopic (exact) mass is 225 g/mol. The quantitative estimate of drug-likeness (QED) is 0.580. The van der Waals surface area contributed by atoms with Crippen molar-refractivity contribution in [1.29, 1.82) is 0 Å². The van der Waals surface area contributed by atoms with Crippen LogP contribution in [0.15, 0.2) is 21.1 Å². The Kier molecular flexibility index (Phi) is 1.97. The summed E-state index contributed by atoms with van der Waals surface area (Å²) >= 11 is 0. The fourth-order valence-electron chi connectivity index (χ4n) is 1.26. The van der Waals surface area contributed by atoms with E-state index < -0.39 is 27.3 Å². The minimum Gasteiger partial charge on any atom is -0.310 e. The first kappa shape index (κ1) is 9.89. The van der Waals surface area contributed by atoms with E-state index in [1.807, 2.05) is 4.98 Å². The maximum atomic E-state index is 11.2. The van der Waals surface area contributed by atoms with Crippen molar-refractivity contribution in [1.82, 2.24) is 4.98 Å². The molecule has 1 atom stereocenters. The summed E-state index contributed by atoms with van der Waals surface area (Å²) in [5.74, 6) is 0. The second kappa shape index (κ2) is 3.18. The van der Waals surface area contributed by atoms with Crippen LogP contribution in [0, 0.1) is 20.2 Å². The van der Waals surface area contributed by atoms with Gasteiger partial charge in [-0.2, -0.15) is 0 Å². The predicted octanol–water partition coefficient (Wildman–Crippen LogP) is 0.656.